The van der Waals surface area contributed by atoms with Crippen LogP contribution < -0.4 is 15.6 Å². The predicted molar refractivity (Wildman–Crippen MR) is 97.4 cm³/mol. The van der Waals surface area contributed by atoms with Crippen molar-refractivity contribution >= 4 is 23.4 Å². The fraction of sp³-hybridized carbons (Fsp3) is 0.263. The minimum absolute atomic E-state index is 0.198. The van der Waals surface area contributed by atoms with E-state index in [1.165, 1.54) is 0 Å². The molecule has 2 N–H and O–H groups in total. The lowest BCUT2D eigenvalue weighted by Crippen LogP contribution is -2.43. The highest BCUT2D eigenvalue weighted by atomic mass is 35.5. The number of nitrogens with one attached hydrogen (secondary N) is 2. The lowest BCUT2D eigenvalue weighted by molar-refractivity contribution is -0.124. The Morgan fingerprint density at radius 3 is 2.36 bits per heavy atom. The molecule has 0 saturated carbocycles. The van der Waals surface area contributed by atoms with E-state index in [0.29, 0.717) is 17.2 Å². The fourth-order valence-electron chi connectivity index (χ4n) is 1.96. The van der Waals surface area contributed by atoms with Crippen LogP contribution in [-0.4, -0.2) is 11.8 Å². The van der Waals surface area contributed by atoms with Gasteiger partial charge in [0.25, 0.3) is 5.91 Å². The minimum atomic E-state index is -0.366. The van der Waals surface area contributed by atoms with Gasteiger partial charge < -0.3 is 4.74 Å². The summed E-state index contributed by atoms with van der Waals surface area (Å²) >= 11 is 5.99. The molecule has 0 radical (unpaired) electrons. The summed E-state index contributed by atoms with van der Waals surface area (Å²) in [5.74, 6) is -0.0668. The predicted octanol–water partition coefficient (Wildman–Crippen LogP) is 3.64. The quantitative estimate of drug-likeness (QED) is 0.800. The Labute approximate surface area is 152 Å². The Balaban J connectivity index is 1.89. The molecule has 0 aliphatic carbocycles. The van der Waals surface area contributed by atoms with Gasteiger partial charge in [-0.2, -0.15) is 0 Å². The Bertz CT molecular complexity index is 758. The highest BCUT2D eigenvalue weighted by molar-refractivity contribution is 6.31. The van der Waals surface area contributed by atoms with E-state index in [1.807, 2.05) is 31.2 Å². The zero-order valence-electron chi connectivity index (χ0n) is 14.4. The Hall–Kier alpha value is -2.53. The molecule has 0 saturated heterocycles. The second kappa shape index (κ2) is 8.53. The van der Waals surface area contributed by atoms with Crippen molar-refractivity contribution in [2.75, 3.05) is 0 Å². The maximum atomic E-state index is 12.0. The molecular weight excluding hydrogens is 340 g/mol. The lowest BCUT2D eigenvalue weighted by atomic mass is 10.1. The summed E-state index contributed by atoms with van der Waals surface area (Å²) in [4.78, 5) is 23.4. The number of aryl methyl sites for hydroxylation is 1. The second-order valence-electron chi connectivity index (χ2n) is 5.99. The van der Waals surface area contributed by atoms with Gasteiger partial charge in [0.1, 0.15) is 12.4 Å². The summed E-state index contributed by atoms with van der Waals surface area (Å²) in [6, 6.07) is 12.5. The molecule has 0 aromatic heterocycles. The van der Waals surface area contributed by atoms with E-state index in [1.54, 1.807) is 32.0 Å². The van der Waals surface area contributed by atoms with Gasteiger partial charge in [0.15, 0.2) is 0 Å². The summed E-state index contributed by atoms with van der Waals surface area (Å²) in [7, 11) is 0. The average Bonchev–Trinajstić information content (AvgIpc) is 2.60. The number of hydrogen-bond acceptors (Lipinski definition) is 3. The standard InChI is InChI=1S/C19H21ClN2O3/c1-12(2)18(23)21-22-19(24)15-6-4-14(5-7-15)11-25-16-8-9-17(20)13(3)10-16/h4-10,12H,11H2,1-3H3,(H,21,23)(H,22,24). The largest absolute Gasteiger partial charge is 0.489 e. The molecule has 0 fully saturated rings. The molecule has 2 amide bonds. The third-order valence-corrected chi connectivity index (χ3v) is 4.00. The van der Waals surface area contributed by atoms with Crippen LogP contribution in [0.4, 0.5) is 0 Å². The molecule has 0 bridgehead atoms. The molecule has 0 aliphatic rings. The number of hydrazine groups is 1. The highest BCUT2D eigenvalue weighted by Crippen LogP contribution is 2.21. The van der Waals surface area contributed by atoms with E-state index in [-0.39, 0.29) is 17.7 Å². The zero-order valence-corrected chi connectivity index (χ0v) is 15.2. The van der Waals surface area contributed by atoms with Crippen molar-refractivity contribution in [3.63, 3.8) is 0 Å². The number of carbonyl (C=O) groups is 2. The van der Waals surface area contributed by atoms with Crippen LogP contribution in [0, 0.1) is 12.8 Å². The fourth-order valence-corrected chi connectivity index (χ4v) is 2.08. The minimum Gasteiger partial charge on any atom is -0.489 e. The van der Waals surface area contributed by atoms with E-state index >= 15 is 0 Å². The number of benzene rings is 2. The van der Waals surface area contributed by atoms with E-state index in [0.717, 1.165) is 16.9 Å². The first-order valence-corrected chi connectivity index (χ1v) is 8.32. The van der Waals surface area contributed by atoms with Crippen molar-refractivity contribution < 1.29 is 14.3 Å². The van der Waals surface area contributed by atoms with Gasteiger partial charge in [-0.25, -0.2) is 0 Å². The maximum Gasteiger partial charge on any atom is 0.269 e. The first-order chi connectivity index (χ1) is 11.9. The van der Waals surface area contributed by atoms with Crippen molar-refractivity contribution in [1.82, 2.24) is 10.9 Å². The van der Waals surface area contributed by atoms with Crippen LogP contribution in [0.3, 0.4) is 0 Å². The second-order valence-corrected chi connectivity index (χ2v) is 6.40. The van der Waals surface area contributed by atoms with Crippen molar-refractivity contribution in [2.24, 2.45) is 5.92 Å². The maximum absolute atomic E-state index is 12.0. The van der Waals surface area contributed by atoms with Crippen molar-refractivity contribution in [3.05, 3.63) is 64.2 Å². The lowest BCUT2D eigenvalue weighted by Gasteiger charge is -2.10. The highest BCUT2D eigenvalue weighted by Gasteiger charge is 2.10. The number of rotatable bonds is 5. The van der Waals surface area contributed by atoms with Crippen molar-refractivity contribution in [2.45, 2.75) is 27.4 Å². The monoisotopic (exact) mass is 360 g/mol. The van der Waals surface area contributed by atoms with Crippen molar-refractivity contribution in [1.29, 1.82) is 0 Å². The third-order valence-electron chi connectivity index (χ3n) is 3.57. The summed E-state index contributed by atoms with van der Waals surface area (Å²) in [6.07, 6.45) is 0. The van der Waals surface area contributed by atoms with Crippen LogP contribution in [0.15, 0.2) is 42.5 Å². The number of hydrogen-bond donors (Lipinski definition) is 2. The number of halogens is 1. The third kappa shape index (κ3) is 5.50. The molecule has 6 heteroatoms. The molecular formula is C19H21ClN2O3. The molecule has 2 aromatic rings. The average molecular weight is 361 g/mol. The molecule has 0 unspecified atom stereocenters. The normalized spacial score (nSPS) is 10.4. The molecule has 132 valence electrons. The first kappa shape index (κ1) is 18.8. The van der Waals surface area contributed by atoms with E-state index in [9.17, 15) is 9.59 Å². The van der Waals surface area contributed by atoms with Crippen LogP contribution in [0.1, 0.15) is 35.3 Å². The summed E-state index contributed by atoms with van der Waals surface area (Å²) in [6.45, 7) is 5.80. The van der Waals surface area contributed by atoms with Gasteiger partial charge in [0, 0.05) is 16.5 Å². The smallest absolute Gasteiger partial charge is 0.269 e. The van der Waals surface area contributed by atoms with Crippen LogP contribution in [0.25, 0.3) is 0 Å². The van der Waals surface area contributed by atoms with Gasteiger partial charge in [-0.05, 0) is 48.4 Å². The number of carbonyl (C=O) groups excluding carboxylic acids is 2. The molecule has 2 aromatic carbocycles. The molecule has 2 rings (SSSR count). The van der Waals surface area contributed by atoms with Crippen molar-refractivity contribution in [3.8, 4) is 5.75 Å². The Morgan fingerprint density at radius 1 is 1.08 bits per heavy atom. The molecule has 0 heterocycles. The summed E-state index contributed by atoms with van der Waals surface area (Å²) in [5, 5.41) is 0.701. The first-order valence-electron chi connectivity index (χ1n) is 7.95. The van der Waals surface area contributed by atoms with Crippen LogP contribution in [0.5, 0.6) is 5.75 Å². The van der Waals surface area contributed by atoms with Gasteiger partial charge in [-0.1, -0.05) is 37.6 Å². The van der Waals surface area contributed by atoms with E-state index in [4.69, 9.17) is 16.3 Å². The molecule has 5 nitrogen and oxygen atoms in total. The van der Waals surface area contributed by atoms with Gasteiger partial charge in [0.05, 0.1) is 0 Å². The summed E-state index contributed by atoms with van der Waals surface area (Å²) < 4.78 is 5.72. The Kier molecular flexibility index (Phi) is 6.42. The molecule has 25 heavy (non-hydrogen) atoms. The van der Waals surface area contributed by atoms with Gasteiger partial charge in [-0.3, -0.25) is 20.4 Å². The molecule has 0 aliphatic heterocycles. The topological polar surface area (TPSA) is 67.4 Å². The van der Waals surface area contributed by atoms with E-state index in [2.05, 4.69) is 10.9 Å². The number of ether oxygens (including phenoxy) is 1. The summed E-state index contributed by atoms with van der Waals surface area (Å²) in [5.41, 5.74) is 7.10. The number of amides is 2. The van der Waals surface area contributed by atoms with Gasteiger partial charge in [-0.15, -0.1) is 0 Å². The SMILES string of the molecule is Cc1cc(OCc2ccc(C(=O)NNC(=O)C(C)C)cc2)ccc1Cl. The zero-order chi connectivity index (χ0) is 18.4. The Morgan fingerprint density at radius 2 is 1.76 bits per heavy atom. The van der Waals surface area contributed by atoms with Crippen LogP contribution in [0.2, 0.25) is 5.02 Å². The molecule has 0 spiro atoms. The van der Waals surface area contributed by atoms with Crippen LogP contribution in [-0.2, 0) is 11.4 Å². The van der Waals surface area contributed by atoms with Gasteiger partial charge in [0.2, 0.25) is 5.91 Å². The van der Waals surface area contributed by atoms with E-state index < -0.39 is 0 Å². The molecule has 0 atom stereocenters. The van der Waals surface area contributed by atoms with Crippen LogP contribution >= 0.6 is 11.6 Å². The van der Waals surface area contributed by atoms with Gasteiger partial charge >= 0.3 is 0 Å².